The number of benzene rings is 2. The van der Waals surface area contributed by atoms with Crippen LogP contribution in [0.3, 0.4) is 0 Å². The molecule has 7 nitrogen and oxygen atoms in total. The van der Waals surface area contributed by atoms with Gasteiger partial charge in [-0.15, -0.1) is 0 Å². The first kappa shape index (κ1) is 21.2. The second-order valence-corrected chi connectivity index (χ2v) is 6.18. The summed E-state index contributed by atoms with van der Waals surface area (Å²) in [6.07, 6.45) is -0.755. The number of nitriles is 1. The Morgan fingerprint density at radius 1 is 1.25 bits per heavy atom. The second kappa shape index (κ2) is 10.9. The van der Waals surface area contributed by atoms with Crippen LogP contribution in [0.25, 0.3) is 0 Å². The van der Waals surface area contributed by atoms with Gasteiger partial charge in [0.25, 0.3) is 0 Å². The molecule has 0 aliphatic rings. The number of methoxy groups -OCH3 is 1. The summed E-state index contributed by atoms with van der Waals surface area (Å²) in [5.74, 6) is 0.983. The maximum absolute atomic E-state index is 12.3. The van der Waals surface area contributed by atoms with E-state index in [9.17, 15) is 9.90 Å². The van der Waals surface area contributed by atoms with Crippen LogP contribution in [0.1, 0.15) is 12.5 Å². The lowest BCUT2D eigenvalue weighted by molar-refractivity contribution is -0.117. The molecule has 0 aromatic heterocycles. The van der Waals surface area contributed by atoms with E-state index in [2.05, 4.69) is 5.32 Å². The average molecular weight is 383 g/mol. The minimum atomic E-state index is -0.755. The fourth-order valence-electron chi connectivity index (χ4n) is 2.62. The van der Waals surface area contributed by atoms with Gasteiger partial charge >= 0.3 is 0 Å². The Morgan fingerprint density at radius 2 is 1.96 bits per heavy atom. The zero-order valence-corrected chi connectivity index (χ0v) is 16.1. The molecule has 148 valence electrons. The van der Waals surface area contributed by atoms with E-state index in [1.54, 1.807) is 43.5 Å². The van der Waals surface area contributed by atoms with Gasteiger partial charge in [-0.1, -0.05) is 19.1 Å². The number of aliphatic hydroxyl groups excluding tert-OH is 1. The highest BCUT2D eigenvalue weighted by Crippen LogP contribution is 2.22. The zero-order chi connectivity index (χ0) is 20.4. The lowest BCUT2D eigenvalue weighted by Gasteiger charge is -2.23. The molecule has 1 amide bonds. The predicted molar refractivity (Wildman–Crippen MR) is 106 cm³/mol. The largest absolute Gasteiger partial charge is 0.495 e. The molecule has 0 spiro atoms. The van der Waals surface area contributed by atoms with Crippen LogP contribution in [0.2, 0.25) is 0 Å². The van der Waals surface area contributed by atoms with Crippen molar-refractivity contribution in [2.24, 2.45) is 0 Å². The SMILES string of the molecule is CCN(CC(=O)Nc1ccccc1OC)CC(O)COc1ccc(C#N)cc1. The highest BCUT2D eigenvalue weighted by molar-refractivity contribution is 5.93. The summed E-state index contributed by atoms with van der Waals surface area (Å²) in [6.45, 7) is 3.06. The number of carbonyl (C=O) groups is 1. The summed E-state index contributed by atoms with van der Waals surface area (Å²) in [5, 5.41) is 21.8. The number of nitrogens with zero attached hydrogens (tertiary/aromatic N) is 2. The van der Waals surface area contributed by atoms with Gasteiger partial charge in [0.1, 0.15) is 24.2 Å². The zero-order valence-electron chi connectivity index (χ0n) is 16.1. The number of para-hydroxylation sites is 2. The van der Waals surface area contributed by atoms with Crippen molar-refractivity contribution in [3.63, 3.8) is 0 Å². The standard InChI is InChI=1S/C21H25N3O4/c1-3-24(14-21(26)23-19-6-4-5-7-20(19)27-2)13-17(25)15-28-18-10-8-16(12-22)9-11-18/h4-11,17,25H,3,13-15H2,1-2H3,(H,23,26). The lowest BCUT2D eigenvalue weighted by Crippen LogP contribution is -2.40. The van der Waals surface area contributed by atoms with Crippen molar-refractivity contribution in [2.45, 2.75) is 13.0 Å². The number of amides is 1. The van der Waals surface area contributed by atoms with Crippen molar-refractivity contribution in [3.8, 4) is 17.6 Å². The quantitative estimate of drug-likeness (QED) is 0.654. The van der Waals surface area contributed by atoms with Crippen LogP contribution in [-0.4, -0.2) is 55.4 Å². The number of hydrogen-bond acceptors (Lipinski definition) is 6. The Hall–Kier alpha value is -3.08. The maximum Gasteiger partial charge on any atom is 0.238 e. The first-order valence-electron chi connectivity index (χ1n) is 9.02. The third-order valence-electron chi connectivity index (χ3n) is 4.09. The van der Waals surface area contributed by atoms with Crippen molar-refractivity contribution in [1.82, 2.24) is 4.90 Å². The fraction of sp³-hybridized carbons (Fsp3) is 0.333. The Balaban J connectivity index is 1.81. The summed E-state index contributed by atoms with van der Waals surface area (Å²) >= 11 is 0. The Bertz CT molecular complexity index is 802. The Labute approximate surface area is 165 Å². The Morgan fingerprint density at radius 3 is 2.61 bits per heavy atom. The smallest absolute Gasteiger partial charge is 0.238 e. The number of rotatable bonds is 10. The number of likely N-dealkylation sites (N-methyl/N-ethyl adjacent to an activating group) is 1. The van der Waals surface area contributed by atoms with E-state index in [1.807, 2.05) is 30.0 Å². The van der Waals surface area contributed by atoms with Crippen LogP contribution in [0.15, 0.2) is 48.5 Å². The third-order valence-corrected chi connectivity index (χ3v) is 4.09. The van der Waals surface area contributed by atoms with Crippen molar-refractivity contribution in [3.05, 3.63) is 54.1 Å². The van der Waals surface area contributed by atoms with Gasteiger partial charge < -0.3 is 19.9 Å². The molecule has 1 unspecified atom stereocenters. The summed E-state index contributed by atoms with van der Waals surface area (Å²) in [4.78, 5) is 14.2. The van der Waals surface area contributed by atoms with Crippen molar-refractivity contribution < 1.29 is 19.4 Å². The lowest BCUT2D eigenvalue weighted by atomic mass is 10.2. The van der Waals surface area contributed by atoms with Gasteiger partial charge in [0.05, 0.1) is 31.0 Å². The third kappa shape index (κ3) is 6.58. The summed E-state index contributed by atoms with van der Waals surface area (Å²) in [7, 11) is 1.55. The summed E-state index contributed by atoms with van der Waals surface area (Å²) < 4.78 is 10.8. The molecule has 0 saturated heterocycles. The fourth-order valence-corrected chi connectivity index (χ4v) is 2.62. The molecule has 0 bridgehead atoms. The first-order chi connectivity index (χ1) is 13.5. The van der Waals surface area contributed by atoms with Gasteiger partial charge in [-0.2, -0.15) is 5.26 Å². The Kier molecular flexibility index (Phi) is 8.28. The molecule has 0 saturated carbocycles. The number of carbonyl (C=O) groups excluding carboxylic acids is 1. The van der Waals surface area contributed by atoms with Crippen molar-refractivity contribution >= 4 is 11.6 Å². The van der Waals surface area contributed by atoms with Crippen molar-refractivity contribution in [2.75, 3.05) is 38.7 Å². The van der Waals surface area contributed by atoms with Gasteiger partial charge in [0, 0.05) is 6.54 Å². The van der Waals surface area contributed by atoms with Gasteiger partial charge in [0.15, 0.2) is 0 Å². The monoisotopic (exact) mass is 383 g/mol. The van der Waals surface area contributed by atoms with Gasteiger partial charge in [-0.3, -0.25) is 9.69 Å². The van der Waals surface area contributed by atoms with Crippen LogP contribution in [0.4, 0.5) is 5.69 Å². The number of nitrogens with one attached hydrogen (secondary N) is 1. The minimum Gasteiger partial charge on any atom is -0.495 e. The highest BCUT2D eigenvalue weighted by Gasteiger charge is 2.15. The van der Waals surface area contributed by atoms with Gasteiger partial charge in [-0.25, -0.2) is 0 Å². The van der Waals surface area contributed by atoms with Crippen LogP contribution >= 0.6 is 0 Å². The maximum atomic E-state index is 12.3. The number of aliphatic hydroxyl groups is 1. The molecule has 2 aromatic carbocycles. The van der Waals surface area contributed by atoms with E-state index in [0.29, 0.717) is 35.8 Å². The molecule has 0 aliphatic carbocycles. The molecule has 0 fully saturated rings. The highest BCUT2D eigenvalue weighted by atomic mass is 16.5. The molecular weight excluding hydrogens is 358 g/mol. The predicted octanol–water partition coefficient (Wildman–Crippen LogP) is 2.27. The van der Waals surface area contributed by atoms with Gasteiger partial charge in [-0.05, 0) is 42.9 Å². The molecular formula is C21H25N3O4. The van der Waals surface area contributed by atoms with E-state index < -0.39 is 6.10 Å². The minimum absolute atomic E-state index is 0.0938. The molecule has 28 heavy (non-hydrogen) atoms. The van der Waals surface area contributed by atoms with Crippen LogP contribution < -0.4 is 14.8 Å². The normalized spacial score (nSPS) is 11.5. The number of hydrogen-bond donors (Lipinski definition) is 2. The van der Waals surface area contributed by atoms with E-state index >= 15 is 0 Å². The van der Waals surface area contributed by atoms with Crippen LogP contribution in [0, 0.1) is 11.3 Å². The summed E-state index contributed by atoms with van der Waals surface area (Å²) in [6, 6.07) is 15.9. The van der Waals surface area contributed by atoms with Gasteiger partial charge in [0.2, 0.25) is 5.91 Å². The van der Waals surface area contributed by atoms with E-state index in [4.69, 9.17) is 14.7 Å². The van der Waals surface area contributed by atoms with Crippen LogP contribution in [-0.2, 0) is 4.79 Å². The molecule has 2 aromatic rings. The molecule has 7 heteroatoms. The van der Waals surface area contributed by atoms with E-state index in [1.165, 1.54) is 0 Å². The van der Waals surface area contributed by atoms with E-state index in [-0.39, 0.29) is 19.1 Å². The first-order valence-corrected chi connectivity index (χ1v) is 9.02. The molecule has 0 radical (unpaired) electrons. The molecule has 2 rings (SSSR count). The number of anilines is 1. The average Bonchev–Trinajstić information content (AvgIpc) is 2.72. The number of ether oxygens (including phenoxy) is 2. The molecule has 0 aliphatic heterocycles. The molecule has 1 atom stereocenters. The molecule has 2 N–H and O–H groups in total. The summed E-state index contributed by atoms with van der Waals surface area (Å²) in [5.41, 5.74) is 1.15. The second-order valence-electron chi connectivity index (χ2n) is 6.18. The van der Waals surface area contributed by atoms with E-state index in [0.717, 1.165) is 0 Å². The topological polar surface area (TPSA) is 94.8 Å². The molecule has 0 heterocycles. The van der Waals surface area contributed by atoms with Crippen molar-refractivity contribution in [1.29, 1.82) is 5.26 Å². The van der Waals surface area contributed by atoms with Crippen LogP contribution in [0.5, 0.6) is 11.5 Å².